The number of aromatic nitrogens is 4. The Bertz CT molecular complexity index is 967. The van der Waals surface area contributed by atoms with Crippen molar-refractivity contribution < 1.29 is 19.0 Å². The van der Waals surface area contributed by atoms with Crippen molar-refractivity contribution >= 4 is 17.0 Å². The van der Waals surface area contributed by atoms with Crippen molar-refractivity contribution in [2.75, 3.05) is 45.3 Å². The third-order valence-corrected chi connectivity index (χ3v) is 5.08. The lowest BCUT2D eigenvalue weighted by Gasteiger charge is -2.37. The number of anilines is 1. The highest BCUT2D eigenvalue weighted by molar-refractivity contribution is 5.82. The van der Waals surface area contributed by atoms with E-state index in [1.54, 1.807) is 25.6 Å². The van der Waals surface area contributed by atoms with Crippen molar-refractivity contribution in [1.29, 1.82) is 0 Å². The van der Waals surface area contributed by atoms with Crippen LogP contribution < -0.4 is 5.32 Å². The monoisotopic (exact) mass is 416 g/mol. The second-order valence-electron chi connectivity index (χ2n) is 7.17. The van der Waals surface area contributed by atoms with Crippen LogP contribution in [0, 0.1) is 5.82 Å². The van der Waals surface area contributed by atoms with Crippen molar-refractivity contribution in [3.8, 4) is 0 Å². The van der Waals surface area contributed by atoms with Crippen molar-refractivity contribution in [3.63, 3.8) is 0 Å². The number of rotatable bonds is 8. The Hall–Kier alpha value is -2.66. The molecule has 0 saturated carbocycles. The summed E-state index contributed by atoms with van der Waals surface area (Å²) in [5.41, 5.74) is 2.19. The summed E-state index contributed by atoms with van der Waals surface area (Å²) in [4.78, 5) is 15.4. The number of ether oxygens (including phenoxy) is 2. The molecule has 0 spiro atoms. The van der Waals surface area contributed by atoms with Crippen LogP contribution in [0.1, 0.15) is 11.8 Å². The third kappa shape index (κ3) is 4.57. The van der Waals surface area contributed by atoms with Crippen LogP contribution in [0.4, 0.5) is 10.2 Å². The number of fused-ring (bicyclic) bond motifs is 1. The average Bonchev–Trinajstić information content (AvgIpc) is 3.22. The molecule has 160 valence electrons. The summed E-state index contributed by atoms with van der Waals surface area (Å²) in [6.07, 6.45) is 2.53. The molecule has 0 aliphatic carbocycles. The van der Waals surface area contributed by atoms with Gasteiger partial charge in [0.05, 0.1) is 25.6 Å². The molecule has 30 heavy (non-hydrogen) atoms. The Labute approximate surface area is 173 Å². The minimum Gasteiger partial charge on any atom is -0.394 e. The number of hydrogen-bond donors (Lipinski definition) is 2. The predicted molar refractivity (Wildman–Crippen MR) is 108 cm³/mol. The van der Waals surface area contributed by atoms with E-state index in [1.807, 2.05) is 4.57 Å². The molecule has 1 aromatic carbocycles. The first-order valence-corrected chi connectivity index (χ1v) is 9.81. The molecule has 10 heteroatoms. The van der Waals surface area contributed by atoms with Crippen molar-refractivity contribution in [2.24, 2.45) is 0 Å². The maximum atomic E-state index is 13.1. The van der Waals surface area contributed by atoms with Crippen molar-refractivity contribution in [1.82, 2.24) is 24.4 Å². The Morgan fingerprint density at radius 2 is 2.07 bits per heavy atom. The van der Waals surface area contributed by atoms with Gasteiger partial charge in [0.15, 0.2) is 17.0 Å². The molecule has 2 atom stereocenters. The van der Waals surface area contributed by atoms with Gasteiger partial charge < -0.3 is 19.9 Å². The van der Waals surface area contributed by atoms with E-state index in [1.165, 1.54) is 18.5 Å². The highest BCUT2D eigenvalue weighted by Gasteiger charge is 2.29. The molecular formula is C20H25FN6O3. The molecule has 1 saturated heterocycles. The van der Waals surface area contributed by atoms with E-state index in [-0.39, 0.29) is 24.8 Å². The fourth-order valence-corrected chi connectivity index (χ4v) is 3.53. The lowest BCUT2D eigenvalue weighted by Crippen LogP contribution is -2.48. The number of halogens is 1. The quantitative estimate of drug-likeness (QED) is 0.569. The molecule has 1 aliphatic heterocycles. The van der Waals surface area contributed by atoms with Crippen LogP contribution in [0.3, 0.4) is 0 Å². The lowest BCUT2D eigenvalue weighted by atomic mass is 10.2. The summed E-state index contributed by atoms with van der Waals surface area (Å²) in [6, 6.07) is 6.29. The zero-order chi connectivity index (χ0) is 20.9. The highest BCUT2D eigenvalue weighted by Crippen LogP contribution is 2.26. The fourth-order valence-electron chi connectivity index (χ4n) is 3.53. The Kier molecular flexibility index (Phi) is 6.48. The number of imidazole rings is 1. The smallest absolute Gasteiger partial charge is 0.167 e. The molecule has 2 aromatic heterocycles. The number of nitrogens with zero attached hydrogens (tertiary/aromatic N) is 5. The first-order valence-electron chi connectivity index (χ1n) is 9.81. The van der Waals surface area contributed by atoms with Crippen LogP contribution in [-0.2, 0) is 16.0 Å². The number of morpholine rings is 1. The van der Waals surface area contributed by atoms with E-state index >= 15 is 0 Å². The van der Waals surface area contributed by atoms with Gasteiger partial charge in [0.25, 0.3) is 0 Å². The maximum absolute atomic E-state index is 13.1. The van der Waals surface area contributed by atoms with Gasteiger partial charge in [-0.1, -0.05) is 12.1 Å². The molecule has 0 amide bonds. The molecule has 3 aromatic rings. The summed E-state index contributed by atoms with van der Waals surface area (Å²) in [5.74, 6) is 0.323. The predicted octanol–water partition coefficient (Wildman–Crippen LogP) is 1.42. The van der Waals surface area contributed by atoms with Crippen molar-refractivity contribution in [2.45, 2.75) is 18.9 Å². The van der Waals surface area contributed by atoms with Gasteiger partial charge in [-0.2, -0.15) is 0 Å². The SMILES string of the molecule is COCCN1C[C@@H](CO)O[C@@H](n2cnc3c(NCc4ccc(F)cc4)ncnc32)C1. The summed E-state index contributed by atoms with van der Waals surface area (Å²) >= 11 is 0. The highest BCUT2D eigenvalue weighted by atomic mass is 19.1. The molecular weight excluding hydrogens is 391 g/mol. The second kappa shape index (κ2) is 9.43. The van der Waals surface area contributed by atoms with E-state index in [0.29, 0.717) is 43.2 Å². The van der Waals surface area contributed by atoms with Gasteiger partial charge in [-0.15, -0.1) is 0 Å². The molecule has 2 N–H and O–H groups in total. The summed E-state index contributed by atoms with van der Waals surface area (Å²) in [6.45, 7) is 3.05. The van der Waals surface area contributed by atoms with Crippen molar-refractivity contribution in [3.05, 3.63) is 48.3 Å². The number of nitrogens with one attached hydrogen (secondary N) is 1. The molecule has 1 fully saturated rings. The van der Waals surface area contributed by atoms with E-state index < -0.39 is 0 Å². The van der Waals surface area contributed by atoms with Crippen LogP contribution in [0.15, 0.2) is 36.9 Å². The van der Waals surface area contributed by atoms with Gasteiger partial charge in [-0.05, 0) is 17.7 Å². The molecule has 3 heterocycles. The van der Waals surface area contributed by atoms with Crippen LogP contribution >= 0.6 is 0 Å². The Morgan fingerprint density at radius 1 is 1.23 bits per heavy atom. The summed E-state index contributed by atoms with van der Waals surface area (Å²) < 4.78 is 26.2. The number of aliphatic hydroxyl groups is 1. The van der Waals surface area contributed by atoms with Gasteiger partial charge in [0.1, 0.15) is 18.4 Å². The first kappa shape index (κ1) is 20.6. The number of benzene rings is 1. The molecule has 0 radical (unpaired) electrons. The van der Waals surface area contributed by atoms with Gasteiger partial charge in [0.2, 0.25) is 0 Å². The number of aliphatic hydroxyl groups excluding tert-OH is 1. The van der Waals surface area contributed by atoms with Crippen LogP contribution in [-0.4, -0.2) is 75.6 Å². The van der Waals surface area contributed by atoms with Gasteiger partial charge >= 0.3 is 0 Å². The number of hydrogen-bond acceptors (Lipinski definition) is 8. The summed E-state index contributed by atoms with van der Waals surface area (Å²) in [7, 11) is 1.67. The maximum Gasteiger partial charge on any atom is 0.167 e. The van der Waals surface area contributed by atoms with Crippen LogP contribution in [0.25, 0.3) is 11.2 Å². The zero-order valence-corrected chi connectivity index (χ0v) is 16.7. The fraction of sp³-hybridized carbons (Fsp3) is 0.450. The minimum absolute atomic E-state index is 0.0634. The van der Waals surface area contributed by atoms with Gasteiger partial charge in [0, 0.05) is 33.3 Å². The summed E-state index contributed by atoms with van der Waals surface area (Å²) in [5, 5.41) is 12.9. The average molecular weight is 416 g/mol. The lowest BCUT2D eigenvalue weighted by molar-refractivity contribution is -0.135. The zero-order valence-electron chi connectivity index (χ0n) is 16.7. The molecule has 1 aliphatic rings. The van der Waals surface area contributed by atoms with Crippen LogP contribution in [0.2, 0.25) is 0 Å². The standard InChI is InChI=1S/C20H25FN6O3/c1-29-7-6-26-9-16(11-28)30-17(10-26)27-13-25-18-19(23-12-24-20(18)27)22-8-14-2-4-15(21)5-3-14/h2-5,12-13,16-17,28H,6-11H2,1H3,(H,22,23,24)/t16-,17+/m0/s1. The van der Waals surface area contributed by atoms with Gasteiger partial charge in [-0.25, -0.2) is 19.3 Å². The van der Waals surface area contributed by atoms with E-state index in [4.69, 9.17) is 9.47 Å². The Morgan fingerprint density at radius 3 is 2.83 bits per heavy atom. The molecule has 4 rings (SSSR count). The van der Waals surface area contributed by atoms with Crippen LogP contribution in [0.5, 0.6) is 0 Å². The minimum atomic E-state index is -0.336. The normalized spacial score (nSPS) is 20.0. The molecule has 0 unspecified atom stereocenters. The number of methoxy groups -OCH3 is 1. The van der Waals surface area contributed by atoms with E-state index in [9.17, 15) is 9.50 Å². The molecule has 9 nitrogen and oxygen atoms in total. The second-order valence-corrected chi connectivity index (χ2v) is 7.17. The van der Waals surface area contributed by atoms with Gasteiger partial charge in [-0.3, -0.25) is 9.47 Å². The first-order chi connectivity index (χ1) is 14.7. The third-order valence-electron chi connectivity index (χ3n) is 5.08. The topological polar surface area (TPSA) is 97.6 Å². The molecule has 0 bridgehead atoms. The Balaban J connectivity index is 1.53. The van der Waals surface area contributed by atoms with E-state index in [0.717, 1.165) is 12.1 Å². The van der Waals surface area contributed by atoms with E-state index in [2.05, 4.69) is 25.2 Å². The largest absolute Gasteiger partial charge is 0.394 e.